The molecule has 1 atom stereocenters. The van der Waals surface area contributed by atoms with E-state index in [1.165, 1.54) is 0 Å². The van der Waals surface area contributed by atoms with Crippen molar-refractivity contribution in [3.05, 3.63) is 0 Å². The van der Waals surface area contributed by atoms with Crippen LogP contribution in [0.5, 0.6) is 0 Å². The quantitative estimate of drug-likeness (QED) is 0.463. The van der Waals surface area contributed by atoms with Crippen LogP contribution in [0.3, 0.4) is 0 Å². The van der Waals surface area contributed by atoms with Gasteiger partial charge in [-0.15, -0.1) is 0 Å². The molecule has 0 spiro atoms. The minimum atomic E-state index is -2.30. The number of hydrogen-bond acceptors (Lipinski definition) is 3. The lowest BCUT2D eigenvalue weighted by Gasteiger charge is -2.07. The van der Waals surface area contributed by atoms with Crippen molar-refractivity contribution in [2.45, 2.75) is 6.92 Å². The first-order chi connectivity index (χ1) is 3.62. The molecule has 0 aliphatic carbocycles. The Morgan fingerprint density at radius 1 is 1.75 bits per heavy atom. The van der Waals surface area contributed by atoms with Gasteiger partial charge in [0.15, 0.2) is 0 Å². The van der Waals surface area contributed by atoms with Crippen LogP contribution in [0, 0.1) is 0 Å². The summed E-state index contributed by atoms with van der Waals surface area (Å²) in [4.78, 5) is 0. The maximum Gasteiger partial charge on any atom is 0.201 e. The average Bonchev–Trinajstić information content (AvgIpc) is 1.67. The Labute approximate surface area is 49.7 Å². The topological polar surface area (TPSA) is 52.3 Å². The first kappa shape index (κ1) is 8.15. The fourth-order valence-corrected chi connectivity index (χ4v) is 0.747. The summed E-state index contributed by atoms with van der Waals surface area (Å²) in [7, 11) is -2.30. The van der Waals surface area contributed by atoms with Crippen LogP contribution in [0.1, 0.15) is 6.92 Å². The Bertz CT molecular complexity index is 104. The number of hydrogen-bond donors (Lipinski definition) is 1. The highest BCUT2D eigenvalue weighted by Crippen LogP contribution is 2.40. The Balaban J connectivity index is 3.55. The second kappa shape index (κ2) is 3.23. The Morgan fingerprint density at radius 3 is 2.38 bits per heavy atom. The van der Waals surface area contributed by atoms with Gasteiger partial charge in [0.2, 0.25) is 7.37 Å². The minimum Gasteiger partial charge on any atom is -0.313 e. The van der Waals surface area contributed by atoms with Crippen molar-refractivity contribution in [2.75, 3.05) is 19.6 Å². The van der Waals surface area contributed by atoms with E-state index < -0.39 is 7.37 Å². The van der Waals surface area contributed by atoms with Crippen molar-refractivity contribution in [3.8, 4) is 0 Å². The molecule has 0 aliphatic rings. The molecule has 8 heavy (non-hydrogen) atoms. The summed E-state index contributed by atoms with van der Waals surface area (Å²) in [6, 6.07) is 0. The van der Waals surface area contributed by atoms with E-state index in [1.54, 1.807) is 6.66 Å². The van der Waals surface area contributed by atoms with Gasteiger partial charge >= 0.3 is 0 Å². The first-order valence-corrected chi connectivity index (χ1v) is 4.79. The summed E-state index contributed by atoms with van der Waals surface area (Å²) in [5.41, 5.74) is 5.00. The molecule has 0 aromatic rings. The van der Waals surface area contributed by atoms with Crippen molar-refractivity contribution in [1.29, 1.82) is 0 Å². The van der Waals surface area contributed by atoms with Crippen LogP contribution in [-0.2, 0) is 9.09 Å². The fourth-order valence-electron chi connectivity index (χ4n) is 0.249. The van der Waals surface area contributed by atoms with Gasteiger partial charge in [0, 0.05) is 12.8 Å². The van der Waals surface area contributed by atoms with Crippen molar-refractivity contribution in [1.82, 2.24) is 0 Å². The zero-order chi connectivity index (χ0) is 6.62. The summed E-state index contributed by atoms with van der Waals surface area (Å²) >= 11 is 0. The van der Waals surface area contributed by atoms with Crippen molar-refractivity contribution < 1.29 is 9.09 Å². The largest absolute Gasteiger partial charge is 0.313 e. The summed E-state index contributed by atoms with van der Waals surface area (Å²) in [6.45, 7) is 3.46. The third-order valence-electron chi connectivity index (χ3n) is 0.922. The molecule has 0 rings (SSSR count). The van der Waals surface area contributed by atoms with Crippen molar-refractivity contribution >= 4 is 7.37 Å². The van der Waals surface area contributed by atoms with Crippen molar-refractivity contribution in [2.24, 2.45) is 5.73 Å². The molecule has 0 fully saturated rings. The molecule has 0 aromatic carbocycles. The summed E-state index contributed by atoms with van der Waals surface area (Å²) in [5.74, 6) is 0. The predicted octanol–water partition coefficient (Wildman–Crippen LogP) is 0.847. The fraction of sp³-hybridized carbons (Fsp3) is 1.00. The predicted molar refractivity (Wildman–Crippen MR) is 34.2 cm³/mol. The van der Waals surface area contributed by atoms with Gasteiger partial charge < -0.3 is 10.3 Å². The minimum absolute atomic E-state index is 0.0572. The lowest BCUT2D eigenvalue weighted by atomic mass is 11.0. The monoisotopic (exact) mass is 137 g/mol. The Morgan fingerprint density at radius 2 is 2.25 bits per heavy atom. The van der Waals surface area contributed by atoms with Gasteiger partial charge in [-0.1, -0.05) is 6.92 Å². The smallest absolute Gasteiger partial charge is 0.201 e. The number of rotatable bonds is 3. The molecule has 2 N–H and O–H groups in total. The highest BCUT2D eigenvalue weighted by Gasteiger charge is 2.09. The molecule has 0 radical (unpaired) electrons. The zero-order valence-electron chi connectivity index (χ0n) is 5.26. The molecule has 4 heteroatoms. The lowest BCUT2D eigenvalue weighted by molar-refractivity contribution is 0.328. The van der Waals surface area contributed by atoms with Gasteiger partial charge in [-0.05, 0) is 0 Å². The van der Waals surface area contributed by atoms with Gasteiger partial charge in [-0.3, -0.25) is 4.57 Å². The van der Waals surface area contributed by atoms with E-state index in [4.69, 9.17) is 10.3 Å². The van der Waals surface area contributed by atoms with Crippen LogP contribution < -0.4 is 5.73 Å². The molecule has 1 unspecified atom stereocenters. The van der Waals surface area contributed by atoms with Gasteiger partial charge in [0.25, 0.3) is 0 Å². The van der Waals surface area contributed by atoms with Crippen molar-refractivity contribution in [3.63, 3.8) is 0 Å². The standard InChI is InChI=1S/C4H12NO2P/c1-3-8(2,6)7-4-5/h3-5H2,1-2H3. The summed E-state index contributed by atoms with van der Waals surface area (Å²) in [5, 5.41) is 0. The van der Waals surface area contributed by atoms with Crippen LogP contribution in [0.25, 0.3) is 0 Å². The Kier molecular flexibility index (Phi) is 3.29. The van der Waals surface area contributed by atoms with E-state index in [0.717, 1.165) is 0 Å². The molecular formula is C4H12NO2P. The second-order valence-corrected chi connectivity index (χ2v) is 4.54. The van der Waals surface area contributed by atoms with E-state index in [-0.39, 0.29) is 6.73 Å². The maximum absolute atomic E-state index is 10.9. The van der Waals surface area contributed by atoms with Crippen LogP contribution in [-0.4, -0.2) is 19.6 Å². The molecule has 0 amide bonds. The third kappa shape index (κ3) is 3.19. The first-order valence-electron chi connectivity index (χ1n) is 2.53. The van der Waals surface area contributed by atoms with Crippen LogP contribution >= 0.6 is 7.37 Å². The molecule has 0 bridgehead atoms. The number of nitrogens with two attached hydrogens (primary N) is 1. The zero-order valence-corrected chi connectivity index (χ0v) is 6.15. The van der Waals surface area contributed by atoms with E-state index in [0.29, 0.717) is 6.16 Å². The van der Waals surface area contributed by atoms with E-state index in [9.17, 15) is 4.57 Å². The van der Waals surface area contributed by atoms with E-state index >= 15 is 0 Å². The maximum atomic E-state index is 10.9. The SMILES string of the molecule is CCP(C)(=O)OCN. The lowest BCUT2D eigenvalue weighted by Crippen LogP contribution is -2.02. The molecule has 0 aliphatic heterocycles. The molecule has 0 saturated carbocycles. The summed E-state index contributed by atoms with van der Waals surface area (Å²) in [6.07, 6.45) is 0.560. The third-order valence-corrected chi connectivity index (χ3v) is 2.77. The van der Waals surface area contributed by atoms with Crippen LogP contribution in [0.15, 0.2) is 0 Å². The van der Waals surface area contributed by atoms with E-state index in [2.05, 4.69) is 0 Å². The highest BCUT2D eigenvalue weighted by atomic mass is 31.2. The van der Waals surface area contributed by atoms with Crippen LogP contribution in [0.2, 0.25) is 0 Å². The molecule has 0 aromatic heterocycles. The molecule has 0 heterocycles. The van der Waals surface area contributed by atoms with Gasteiger partial charge in [0.1, 0.15) is 6.73 Å². The average molecular weight is 137 g/mol. The van der Waals surface area contributed by atoms with Gasteiger partial charge in [-0.2, -0.15) is 0 Å². The van der Waals surface area contributed by atoms with E-state index in [1.807, 2.05) is 6.92 Å². The highest BCUT2D eigenvalue weighted by molar-refractivity contribution is 7.58. The molecule has 3 nitrogen and oxygen atoms in total. The molecule has 50 valence electrons. The van der Waals surface area contributed by atoms with Gasteiger partial charge in [0.05, 0.1) is 0 Å². The molecule has 0 saturated heterocycles. The van der Waals surface area contributed by atoms with Crippen LogP contribution in [0.4, 0.5) is 0 Å². The van der Waals surface area contributed by atoms with Gasteiger partial charge in [-0.25, -0.2) is 0 Å². The Hall–Kier alpha value is 0.150. The molecular weight excluding hydrogens is 125 g/mol. The summed E-state index contributed by atoms with van der Waals surface area (Å²) < 4.78 is 15.6. The second-order valence-electron chi connectivity index (χ2n) is 1.63. The normalized spacial score (nSPS) is 17.9.